The van der Waals surface area contributed by atoms with Crippen molar-refractivity contribution in [3.05, 3.63) is 57.8 Å². The van der Waals surface area contributed by atoms with E-state index in [-0.39, 0.29) is 29.4 Å². The first-order valence-electron chi connectivity index (χ1n) is 11.3. The van der Waals surface area contributed by atoms with Crippen LogP contribution in [0.1, 0.15) is 18.4 Å². The highest BCUT2D eigenvalue weighted by Crippen LogP contribution is 2.35. The molecule has 0 saturated carbocycles. The number of hydrogen-bond donors (Lipinski definition) is 3. The molecule has 0 aliphatic carbocycles. The van der Waals surface area contributed by atoms with Crippen molar-refractivity contribution in [2.45, 2.75) is 37.6 Å². The van der Waals surface area contributed by atoms with Crippen LogP contribution in [0.2, 0.25) is 10.0 Å². The average Bonchev–Trinajstić information content (AvgIpc) is 3.17. The number of nitrogens with one attached hydrogen (secondary N) is 1. The number of aliphatic hydroxyl groups excluding tert-OH is 1. The summed E-state index contributed by atoms with van der Waals surface area (Å²) in [7, 11) is 0. The molecular weight excluding hydrogens is 484 g/mol. The lowest BCUT2D eigenvalue weighted by molar-refractivity contribution is -0.139. The maximum absolute atomic E-state index is 14.2. The highest BCUT2D eigenvalue weighted by molar-refractivity contribution is 6.31. The van der Waals surface area contributed by atoms with Gasteiger partial charge < -0.3 is 25.2 Å². The van der Waals surface area contributed by atoms with Gasteiger partial charge in [-0.2, -0.15) is 0 Å². The first kappa shape index (κ1) is 25.0. The van der Waals surface area contributed by atoms with E-state index in [2.05, 4.69) is 10.2 Å². The molecule has 2 aliphatic heterocycles. The number of β-amino-alcohol motifs (C(OH)–C–C–N with tert-alkyl or cyclic N) is 1. The van der Waals surface area contributed by atoms with E-state index < -0.39 is 24.5 Å². The number of anilines is 1. The number of benzene rings is 2. The number of carboxylic acid groups (broad SMARTS) is 1. The van der Waals surface area contributed by atoms with Gasteiger partial charge in [0.1, 0.15) is 11.6 Å². The number of hydrogen-bond acceptors (Lipinski definition) is 6. The molecule has 2 heterocycles. The number of aliphatic hydroxyl groups is 1. The van der Waals surface area contributed by atoms with Gasteiger partial charge in [0.25, 0.3) is 0 Å². The number of rotatable bonds is 8. The maximum atomic E-state index is 14.2. The summed E-state index contributed by atoms with van der Waals surface area (Å²) in [5.74, 6) is -1.59. The van der Waals surface area contributed by atoms with Gasteiger partial charge in [0.2, 0.25) is 0 Å². The summed E-state index contributed by atoms with van der Waals surface area (Å²) in [6.45, 7) is 2.92. The molecule has 7 nitrogen and oxygen atoms in total. The lowest BCUT2D eigenvalue weighted by Crippen LogP contribution is -2.49. The van der Waals surface area contributed by atoms with Gasteiger partial charge in [-0.15, -0.1) is 0 Å². The zero-order valence-corrected chi connectivity index (χ0v) is 20.1. The summed E-state index contributed by atoms with van der Waals surface area (Å²) < 4.78 is 19.5. The fourth-order valence-electron chi connectivity index (χ4n) is 4.58. The van der Waals surface area contributed by atoms with E-state index >= 15 is 0 Å². The monoisotopic (exact) mass is 511 g/mol. The van der Waals surface area contributed by atoms with Gasteiger partial charge in [0.15, 0.2) is 6.61 Å². The summed E-state index contributed by atoms with van der Waals surface area (Å²) in [6.07, 6.45) is 1.26. The number of halogens is 3. The van der Waals surface area contributed by atoms with E-state index in [9.17, 15) is 14.3 Å². The lowest BCUT2D eigenvalue weighted by atomic mass is 10.0. The normalized spacial score (nSPS) is 21.7. The molecule has 184 valence electrons. The molecule has 2 aromatic rings. The summed E-state index contributed by atoms with van der Waals surface area (Å²) >= 11 is 11.8. The van der Waals surface area contributed by atoms with E-state index in [0.717, 1.165) is 37.5 Å². The Kier molecular flexibility index (Phi) is 8.16. The average molecular weight is 512 g/mol. The molecule has 0 bridgehead atoms. The fourth-order valence-corrected chi connectivity index (χ4v) is 4.86. The lowest BCUT2D eigenvalue weighted by Gasteiger charge is -2.34. The molecule has 4 rings (SSSR count). The van der Waals surface area contributed by atoms with Crippen LogP contribution in [0.15, 0.2) is 36.4 Å². The molecule has 0 amide bonds. The van der Waals surface area contributed by atoms with Crippen LogP contribution in [0.3, 0.4) is 0 Å². The van der Waals surface area contributed by atoms with Gasteiger partial charge in [0, 0.05) is 42.8 Å². The molecule has 0 aromatic heterocycles. The molecule has 2 aromatic carbocycles. The van der Waals surface area contributed by atoms with Gasteiger partial charge in [-0.1, -0.05) is 35.3 Å². The number of carboxylic acids is 1. The molecule has 3 N–H and O–H groups in total. The Morgan fingerprint density at radius 1 is 1.15 bits per heavy atom. The fraction of sp³-hybridized carbons (Fsp3) is 0.458. The topological polar surface area (TPSA) is 85.3 Å². The molecule has 2 aliphatic rings. The molecular formula is C24H28Cl2FN3O4. The van der Waals surface area contributed by atoms with E-state index in [4.69, 9.17) is 33.0 Å². The van der Waals surface area contributed by atoms with E-state index in [0.29, 0.717) is 12.2 Å². The Balaban J connectivity index is 1.33. The summed E-state index contributed by atoms with van der Waals surface area (Å²) in [5.41, 5.74) is 1.61. The van der Waals surface area contributed by atoms with Crippen LogP contribution >= 0.6 is 23.2 Å². The van der Waals surface area contributed by atoms with Gasteiger partial charge in [-0.3, -0.25) is 4.90 Å². The van der Waals surface area contributed by atoms with Crippen molar-refractivity contribution in [1.29, 1.82) is 0 Å². The third kappa shape index (κ3) is 6.31. The first-order chi connectivity index (χ1) is 16.3. The Morgan fingerprint density at radius 2 is 1.85 bits per heavy atom. The van der Waals surface area contributed by atoms with E-state index in [1.165, 1.54) is 17.7 Å². The molecule has 34 heavy (non-hydrogen) atoms. The van der Waals surface area contributed by atoms with Crippen molar-refractivity contribution in [3.63, 3.8) is 0 Å². The van der Waals surface area contributed by atoms with Gasteiger partial charge in [0.05, 0.1) is 22.9 Å². The van der Waals surface area contributed by atoms with Crippen molar-refractivity contribution >= 4 is 34.9 Å². The van der Waals surface area contributed by atoms with Crippen molar-refractivity contribution in [2.24, 2.45) is 0 Å². The van der Waals surface area contributed by atoms with Crippen LogP contribution < -0.4 is 15.0 Å². The van der Waals surface area contributed by atoms with Gasteiger partial charge >= 0.3 is 5.97 Å². The highest BCUT2D eigenvalue weighted by atomic mass is 35.5. The van der Waals surface area contributed by atoms with Crippen LogP contribution in [0.5, 0.6) is 5.75 Å². The predicted molar refractivity (Wildman–Crippen MR) is 129 cm³/mol. The van der Waals surface area contributed by atoms with Crippen LogP contribution in [0, 0.1) is 5.82 Å². The van der Waals surface area contributed by atoms with Crippen molar-refractivity contribution in [2.75, 3.05) is 37.7 Å². The highest BCUT2D eigenvalue weighted by Gasteiger charge is 2.35. The van der Waals surface area contributed by atoms with Crippen molar-refractivity contribution in [1.82, 2.24) is 10.2 Å². The largest absolute Gasteiger partial charge is 0.480 e. The second kappa shape index (κ2) is 11.1. The molecule has 10 heteroatoms. The van der Waals surface area contributed by atoms with Crippen molar-refractivity contribution in [3.8, 4) is 5.75 Å². The van der Waals surface area contributed by atoms with E-state index in [1.807, 2.05) is 24.3 Å². The number of piperidine rings is 1. The molecule has 0 unspecified atom stereocenters. The molecule has 0 spiro atoms. The van der Waals surface area contributed by atoms with Crippen LogP contribution in [0.4, 0.5) is 10.1 Å². The summed E-state index contributed by atoms with van der Waals surface area (Å²) in [5, 5.41) is 23.8. The third-order valence-electron chi connectivity index (χ3n) is 6.34. The standard InChI is InChI=1S/C24H28Cl2FN3O4/c25-16-3-1-15(2-4-16)11-29-7-5-17(6-8-29)28-20-12-30(13-22(20)31)21-10-19(27)18(26)9-23(21)34-14-24(32)33/h1-4,9-10,17,20,22,28,31H,5-8,11-14H2,(H,32,33)/t20-,22-/m0/s1. The minimum absolute atomic E-state index is 0.149. The molecule has 2 fully saturated rings. The number of nitrogens with zero attached hydrogens (tertiary/aromatic N) is 2. The minimum atomic E-state index is -1.14. The smallest absolute Gasteiger partial charge is 0.341 e. The number of carbonyl (C=O) groups is 1. The molecule has 0 radical (unpaired) electrons. The first-order valence-corrected chi connectivity index (χ1v) is 12.0. The second-order valence-corrected chi connectivity index (χ2v) is 9.68. The quantitative estimate of drug-likeness (QED) is 0.500. The zero-order chi connectivity index (χ0) is 24.2. The van der Waals surface area contributed by atoms with Crippen LogP contribution in [-0.2, 0) is 11.3 Å². The minimum Gasteiger partial charge on any atom is -0.480 e. The summed E-state index contributed by atoms with van der Waals surface area (Å²) in [4.78, 5) is 15.1. The van der Waals surface area contributed by atoms with Gasteiger partial charge in [-0.25, -0.2) is 9.18 Å². The Bertz CT molecular complexity index is 1000. The Labute approximate surface area is 208 Å². The molecule has 2 saturated heterocycles. The van der Waals surface area contributed by atoms with E-state index in [1.54, 1.807) is 4.90 Å². The number of likely N-dealkylation sites (tertiary alicyclic amines) is 1. The second-order valence-electron chi connectivity index (χ2n) is 8.84. The van der Waals surface area contributed by atoms with Gasteiger partial charge in [-0.05, 0) is 43.6 Å². The Hall–Kier alpha value is -2.10. The Morgan fingerprint density at radius 3 is 2.53 bits per heavy atom. The zero-order valence-electron chi connectivity index (χ0n) is 18.6. The van der Waals surface area contributed by atoms with Crippen molar-refractivity contribution < 1.29 is 24.1 Å². The van der Waals surface area contributed by atoms with Crippen LogP contribution in [-0.4, -0.2) is 72.1 Å². The third-order valence-corrected chi connectivity index (χ3v) is 6.88. The maximum Gasteiger partial charge on any atom is 0.341 e. The summed E-state index contributed by atoms with van der Waals surface area (Å²) in [6, 6.07) is 10.5. The number of ether oxygens (including phenoxy) is 1. The predicted octanol–water partition coefficient (Wildman–Crippen LogP) is 3.40. The SMILES string of the molecule is O=C(O)COc1cc(Cl)c(F)cc1N1C[C@H](NC2CCN(Cc3ccc(Cl)cc3)CC2)[C@@H](O)C1. The molecule has 2 atom stereocenters. The van der Waals surface area contributed by atoms with Crippen LogP contribution in [0.25, 0.3) is 0 Å². The number of aliphatic carboxylic acids is 1.